The summed E-state index contributed by atoms with van der Waals surface area (Å²) in [6.45, 7) is 7.98. The van der Waals surface area contributed by atoms with Gasteiger partial charge in [0.05, 0.1) is 28.4 Å². The summed E-state index contributed by atoms with van der Waals surface area (Å²) >= 11 is 0. The van der Waals surface area contributed by atoms with Crippen LogP contribution in [0.3, 0.4) is 0 Å². The lowest BCUT2D eigenvalue weighted by Crippen LogP contribution is -2.57. The number of phenolic OH excluding ortho intramolecular Hbond substituents is 1. The van der Waals surface area contributed by atoms with Crippen LogP contribution in [0.4, 0.5) is 5.69 Å². The second-order valence-electron chi connectivity index (χ2n) is 8.35. The Morgan fingerprint density at radius 2 is 1.66 bits per heavy atom. The first-order valence-corrected chi connectivity index (χ1v) is 9.46. The van der Waals surface area contributed by atoms with Crippen LogP contribution < -0.4 is 10.1 Å². The molecule has 1 heterocycles. The molecule has 2 N–H and O–H groups in total. The van der Waals surface area contributed by atoms with E-state index in [1.54, 1.807) is 30.3 Å². The van der Waals surface area contributed by atoms with Crippen LogP contribution in [0.1, 0.15) is 49.2 Å². The van der Waals surface area contributed by atoms with Gasteiger partial charge in [-0.05, 0) is 52.0 Å². The van der Waals surface area contributed by atoms with Crippen molar-refractivity contribution in [1.82, 2.24) is 0 Å². The van der Waals surface area contributed by atoms with Gasteiger partial charge in [0.2, 0.25) is 0 Å². The molecule has 146 valence electrons. The van der Waals surface area contributed by atoms with Gasteiger partial charge in [-0.15, -0.1) is 0 Å². The number of fused-ring (bicyclic) bond motifs is 3. The molecule has 0 unspecified atom stereocenters. The standard InChI is InChI=1S/C24H22N2O3/c1-23(2)24(3,4)29-22-17-8-6-5-7-16(17)21(28)18(19(22)26-23)20(27)15-11-9-14(13-25)10-12-15/h5-12,26,28H,1-4H3. The number of carbonyl (C=O) groups excluding carboxylic acids is 1. The summed E-state index contributed by atoms with van der Waals surface area (Å²) < 4.78 is 6.40. The number of anilines is 1. The molecule has 0 radical (unpaired) electrons. The summed E-state index contributed by atoms with van der Waals surface area (Å²) in [6, 6.07) is 15.8. The number of phenols is 1. The van der Waals surface area contributed by atoms with Gasteiger partial charge in [0, 0.05) is 16.3 Å². The molecule has 5 nitrogen and oxygen atoms in total. The van der Waals surface area contributed by atoms with E-state index in [-0.39, 0.29) is 17.1 Å². The highest BCUT2D eigenvalue weighted by molar-refractivity contribution is 6.19. The van der Waals surface area contributed by atoms with E-state index >= 15 is 0 Å². The Labute approximate surface area is 169 Å². The van der Waals surface area contributed by atoms with Crippen LogP contribution in [0.5, 0.6) is 11.5 Å². The van der Waals surface area contributed by atoms with Crippen LogP contribution in [0, 0.1) is 11.3 Å². The molecule has 1 aliphatic rings. The van der Waals surface area contributed by atoms with E-state index in [9.17, 15) is 9.90 Å². The minimum atomic E-state index is -0.547. The number of ether oxygens (including phenoxy) is 1. The zero-order chi connectivity index (χ0) is 21.0. The number of hydrogen-bond acceptors (Lipinski definition) is 5. The highest BCUT2D eigenvalue weighted by Crippen LogP contribution is 2.51. The Morgan fingerprint density at radius 3 is 2.28 bits per heavy atom. The van der Waals surface area contributed by atoms with E-state index in [1.807, 2.05) is 52.0 Å². The predicted octanol–water partition coefficient (Wildman–Crippen LogP) is 5.01. The molecule has 0 spiro atoms. The third-order valence-electron chi connectivity index (χ3n) is 5.94. The Hall–Kier alpha value is -3.52. The van der Waals surface area contributed by atoms with Crippen molar-refractivity contribution in [1.29, 1.82) is 5.26 Å². The van der Waals surface area contributed by atoms with E-state index in [2.05, 4.69) is 5.32 Å². The summed E-state index contributed by atoms with van der Waals surface area (Å²) in [7, 11) is 0. The molecule has 0 bridgehead atoms. The van der Waals surface area contributed by atoms with E-state index in [4.69, 9.17) is 10.00 Å². The third-order valence-corrected chi connectivity index (χ3v) is 5.94. The second kappa shape index (κ2) is 6.25. The molecule has 4 rings (SSSR count). The molecule has 0 amide bonds. The van der Waals surface area contributed by atoms with Gasteiger partial charge in [0.25, 0.3) is 0 Å². The van der Waals surface area contributed by atoms with Crippen LogP contribution in [0.25, 0.3) is 10.8 Å². The second-order valence-corrected chi connectivity index (χ2v) is 8.35. The van der Waals surface area contributed by atoms with E-state index in [1.165, 1.54) is 0 Å². The number of ketones is 1. The first kappa shape index (κ1) is 18.8. The van der Waals surface area contributed by atoms with Gasteiger partial charge in [-0.25, -0.2) is 0 Å². The number of nitrogens with one attached hydrogen (secondary N) is 1. The molecule has 0 atom stereocenters. The highest BCUT2D eigenvalue weighted by Gasteiger charge is 2.45. The van der Waals surface area contributed by atoms with Crippen molar-refractivity contribution >= 4 is 22.2 Å². The van der Waals surface area contributed by atoms with Crippen molar-refractivity contribution in [3.63, 3.8) is 0 Å². The van der Waals surface area contributed by atoms with Gasteiger partial charge in [-0.2, -0.15) is 5.26 Å². The minimum Gasteiger partial charge on any atom is -0.506 e. The molecule has 3 aromatic rings. The molecule has 0 saturated carbocycles. The van der Waals surface area contributed by atoms with Crippen LogP contribution in [-0.4, -0.2) is 22.0 Å². The van der Waals surface area contributed by atoms with Crippen molar-refractivity contribution in [3.8, 4) is 17.6 Å². The summed E-state index contributed by atoms with van der Waals surface area (Å²) in [5.74, 6) is 0.139. The van der Waals surface area contributed by atoms with Crippen LogP contribution in [0.15, 0.2) is 48.5 Å². The lowest BCUT2D eigenvalue weighted by Gasteiger charge is -2.48. The molecule has 1 aliphatic heterocycles. The fourth-order valence-electron chi connectivity index (χ4n) is 3.52. The number of hydrogen-bond donors (Lipinski definition) is 2. The number of aromatic hydroxyl groups is 1. The summed E-state index contributed by atoms with van der Waals surface area (Å²) in [5.41, 5.74) is 0.479. The molecule has 3 aromatic carbocycles. The number of benzene rings is 3. The molecule has 5 heteroatoms. The van der Waals surface area contributed by atoms with E-state index in [0.29, 0.717) is 28.0 Å². The van der Waals surface area contributed by atoms with Crippen LogP contribution in [0.2, 0.25) is 0 Å². The third kappa shape index (κ3) is 2.80. The molecular formula is C24H22N2O3. The van der Waals surface area contributed by atoms with Crippen molar-refractivity contribution in [2.75, 3.05) is 5.32 Å². The van der Waals surface area contributed by atoms with Crippen LogP contribution >= 0.6 is 0 Å². The fraction of sp³-hybridized carbons (Fsp3) is 0.250. The topological polar surface area (TPSA) is 82.4 Å². The SMILES string of the molecule is CC1(C)Nc2c(C(=O)c3ccc(C#N)cc3)c(O)c3ccccc3c2OC1(C)C. The zero-order valence-electron chi connectivity index (χ0n) is 16.8. The van der Waals surface area contributed by atoms with Gasteiger partial charge in [-0.1, -0.05) is 24.3 Å². The Bertz CT molecular complexity index is 1190. The smallest absolute Gasteiger partial charge is 0.199 e. The lowest BCUT2D eigenvalue weighted by molar-refractivity contribution is 0.0423. The first-order chi connectivity index (χ1) is 13.7. The first-order valence-electron chi connectivity index (χ1n) is 9.46. The van der Waals surface area contributed by atoms with Gasteiger partial charge < -0.3 is 15.2 Å². The maximum atomic E-state index is 13.4. The van der Waals surface area contributed by atoms with Gasteiger partial charge >= 0.3 is 0 Å². The summed E-state index contributed by atoms with van der Waals surface area (Å²) in [4.78, 5) is 13.4. The number of rotatable bonds is 2. The average Bonchev–Trinajstić information content (AvgIpc) is 2.69. The van der Waals surface area contributed by atoms with Gasteiger partial charge in [0.15, 0.2) is 11.5 Å². The molecule has 29 heavy (non-hydrogen) atoms. The normalized spacial score (nSPS) is 16.2. The summed E-state index contributed by atoms with van der Waals surface area (Å²) in [5, 5.41) is 24.8. The maximum absolute atomic E-state index is 13.4. The average molecular weight is 386 g/mol. The molecular weight excluding hydrogens is 364 g/mol. The predicted molar refractivity (Wildman–Crippen MR) is 113 cm³/mol. The van der Waals surface area contributed by atoms with Gasteiger partial charge in [0.1, 0.15) is 11.4 Å². The van der Waals surface area contributed by atoms with Crippen molar-refractivity contribution in [2.45, 2.75) is 38.8 Å². The monoisotopic (exact) mass is 386 g/mol. The number of nitriles is 1. The largest absolute Gasteiger partial charge is 0.506 e. The maximum Gasteiger partial charge on any atom is 0.199 e. The number of nitrogens with zero attached hydrogens (tertiary/aromatic N) is 1. The summed E-state index contributed by atoms with van der Waals surface area (Å²) in [6.07, 6.45) is 0. The van der Waals surface area contributed by atoms with Crippen molar-refractivity contribution in [2.24, 2.45) is 0 Å². The number of carbonyl (C=O) groups is 1. The molecule has 0 aromatic heterocycles. The molecule has 0 saturated heterocycles. The lowest BCUT2D eigenvalue weighted by atomic mass is 9.82. The van der Waals surface area contributed by atoms with E-state index in [0.717, 1.165) is 5.39 Å². The highest BCUT2D eigenvalue weighted by atomic mass is 16.5. The quantitative estimate of drug-likeness (QED) is 0.605. The van der Waals surface area contributed by atoms with Crippen molar-refractivity contribution < 1.29 is 14.6 Å². The Balaban J connectivity index is 2.01. The van der Waals surface area contributed by atoms with Crippen LogP contribution in [-0.2, 0) is 0 Å². The Morgan fingerprint density at radius 1 is 1.03 bits per heavy atom. The Kier molecular flexibility index (Phi) is 4.06. The minimum absolute atomic E-state index is 0.0830. The van der Waals surface area contributed by atoms with Crippen molar-refractivity contribution in [3.05, 3.63) is 65.2 Å². The zero-order valence-corrected chi connectivity index (χ0v) is 16.8. The molecule has 0 fully saturated rings. The molecule has 0 aliphatic carbocycles. The van der Waals surface area contributed by atoms with E-state index < -0.39 is 11.1 Å². The fourth-order valence-corrected chi connectivity index (χ4v) is 3.52. The van der Waals surface area contributed by atoms with Gasteiger partial charge in [-0.3, -0.25) is 4.79 Å².